The van der Waals surface area contributed by atoms with Gasteiger partial charge in [0.2, 0.25) is 0 Å². The Morgan fingerprint density at radius 2 is 1.62 bits per heavy atom. The highest BCUT2D eigenvalue weighted by atomic mass is 35.5. The summed E-state index contributed by atoms with van der Waals surface area (Å²) in [6.45, 7) is 0.0644. The summed E-state index contributed by atoms with van der Waals surface area (Å²) in [5.74, 6) is -1.88. The van der Waals surface area contributed by atoms with E-state index in [0.717, 1.165) is 6.34 Å². The smallest absolute Gasteiger partial charge is 0.314 e. The molecule has 0 aromatic heterocycles. The quantitative estimate of drug-likeness (QED) is 0.314. The van der Waals surface area contributed by atoms with Gasteiger partial charge in [0.25, 0.3) is 0 Å². The molecule has 0 aliphatic rings. The van der Waals surface area contributed by atoms with Crippen molar-refractivity contribution in [2.75, 3.05) is 5.32 Å². The molecule has 6 nitrogen and oxygen atoms in total. The van der Waals surface area contributed by atoms with Crippen LogP contribution in [-0.2, 0) is 21.0 Å². The Labute approximate surface area is 169 Å². The van der Waals surface area contributed by atoms with Gasteiger partial charge >= 0.3 is 11.8 Å². The Morgan fingerprint density at radius 1 is 0.962 bits per heavy atom. The number of anilines is 1. The molecule has 2 amide bonds. The maximum Gasteiger partial charge on any atom is 0.314 e. The molecular weight excluding hydrogens is 424 g/mol. The summed E-state index contributed by atoms with van der Waals surface area (Å²) in [6.07, 6.45) is 0.940. The van der Waals surface area contributed by atoms with Crippen LogP contribution in [0.3, 0.4) is 0 Å². The number of amides is 2. The van der Waals surface area contributed by atoms with Crippen LogP contribution in [0.1, 0.15) is 5.56 Å². The molecule has 0 saturated heterocycles. The van der Waals surface area contributed by atoms with Crippen molar-refractivity contribution in [1.82, 2.24) is 5.32 Å². The Bertz CT molecular complexity index is 859. The van der Waals surface area contributed by atoms with Crippen molar-refractivity contribution in [3.63, 3.8) is 0 Å². The molecule has 0 unspecified atom stereocenters. The summed E-state index contributed by atoms with van der Waals surface area (Å²) in [6, 6.07) is 9.35. The van der Waals surface area contributed by atoms with Crippen molar-refractivity contribution in [3.05, 3.63) is 62.1 Å². The van der Waals surface area contributed by atoms with E-state index in [9.17, 15) is 9.59 Å². The molecule has 26 heavy (non-hydrogen) atoms. The molecule has 2 rings (SSSR count). The molecular formula is C16H11Cl4N3O3. The van der Waals surface area contributed by atoms with Crippen LogP contribution in [0.4, 0.5) is 5.69 Å². The molecule has 2 aromatic rings. The fourth-order valence-electron chi connectivity index (χ4n) is 1.70. The highest BCUT2D eigenvalue weighted by Crippen LogP contribution is 2.25. The summed E-state index contributed by atoms with van der Waals surface area (Å²) in [5.41, 5.74) is 0.913. The monoisotopic (exact) mass is 433 g/mol. The van der Waals surface area contributed by atoms with E-state index < -0.39 is 11.8 Å². The maximum absolute atomic E-state index is 11.8. The van der Waals surface area contributed by atoms with Gasteiger partial charge < -0.3 is 15.5 Å². The molecule has 0 spiro atoms. The Kier molecular flexibility index (Phi) is 7.53. The summed E-state index contributed by atoms with van der Waals surface area (Å²) < 4.78 is 0. The van der Waals surface area contributed by atoms with Gasteiger partial charge in [0, 0.05) is 20.6 Å². The van der Waals surface area contributed by atoms with Crippen molar-refractivity contribution in [2.45, 2.75) is 6.61 Å². The van der Waals surface area contributed by atoms with Gasteiger partial charge in [-0.25, -0.2) is 0 Å². The number of carbonyl (C=O) groups is 2. The van der Waals surface area contributed by atoms with Gasteiger partial charge in [-0.15, -0.1) is 0 Å². The molecule has 2 aromatic carbocycles. The van der Waals surface area contributed by atoms with Crippen LogP contribution in [0.25, 0.3) is 0 Å². The molecule has 0 fully saturated rings. The Balaban J connectivity index is 1.80. The number of nitrogens with zero attached hydrogens (tertiary/aromatic N) is 1. The first-order valence-corrected chi connectivity index (χ1v) is 8.52. The van der Waals surface area contributed by atoms with Gasteiger partial charge in [-0.2, -0.15) is 0 Å². The maximum atomic E-state index is 11.8. The fourth-order valence-corrected chi connectivity index (χ4v) is 2.62. The number of halogens is 4. The lowest BCUT2D eigenvalue weighted by Gasteiger charge is -2.06. The molecule has 10 heteroatoms. The predicted octanol–water partition coefficient (Wildman–Crippen LogP) is 4.52. The van der Waals surface area contributed by atoms with Gasteiger partial charge in [0.05, 0.1) is 10.7 Å². The van der Waals surface area contributed by atoms with Crippen LogP contribution in [-0.4, -0.2) is 18.2 Å². The van der Waals surface area contributed by atoms with E-state index in [0.29, 0.717) is 20.6 Å². The van der Waals surface area contributed by atoms with Crippen molar-refractivity contribution in [1.29, 1.82) is 0 Å². The summed E-state index contributed by atoms with van der Waals surface area (Å²) in [5, 5.41) is 9.55. The summed E-state index contributed by atoms with van der Waals surface area (Å²) in [4.78, 5) is 28.4. The van der Waals surface area contributed by atoms with Crippen molar-refractivity contribution >= 4 is 70.2 Å². The average Bonchev–Trinajstić information content (AvgIpc) is 2.58. The predicted molar refractivity (Wildman–Crippen MR) is 103 cm³/mol. The highest BCUT2D eigenvalue weighted by Gasteiger charge is 2.14. The van der Waals surface area contributed by atoms with Crippen LogP contribution < -0.4 is 10.6 Å². The lowest BCUT2D eigenvalue weighted by molar-refractivity contribution is -0.135. The SMILES string of the molecule is O=C(NC=NOCc1ccc(Cl)cc1Cl)C(=O)Nc1ccc(Cl)cc1Cl. The molecule has 136 valence electrons. The van der Waals surface area contributed by atoms with Gasteiger partial charge in [-0.05, 0) is 30.3 Å². The number of carbonyl (C=O) groups excluding carboxylic acids is 2. The minimum atomic E-state index is -0.951. The van der Waals surface area contributed by atoms with E-state index in [1.807, 2.05) is 0 Å². The third-order valence-electron chi connectivity index (χ3n) is 2.94. The minimum absolute atomic E-state index is 0.0644. The minimum Gasteiger partial charge on any atom is -0.390 e. The van der Waals surface area contributed by atoms with Crippen LogP contribution in [0.5, 0.6) is 0 Å². The molecule has 0 radical (unpaired) electrons. The first-order valence-electron chi connectivity index (χ1n) is 7.01. The van der Waals surface area contributed by atoms with Gasteiger partial charge in [-0.3, -0.25) is 9.59 Å². The molecule has 0 aliphatic heterocycles. The number of oxime groups is 1. The molecule has 0 heterocycles. The first kappa shape index (κ1) is 20.3. The van der Waals surface area contributed by atoms with Crippen molar-refractivity contribution in [3.8, 4) is 0 Å². The zero-order valence-corrected chi connectivity index (χ0v) is 16.0. The fraction of sp³-hybridized carbons (Fsp3) is 0.0625. The van der Waals surface area contributed by atoms with E-state index >= 15 is 0 Å². The third kappa shape index (κ3) is 6.07. The largest absolute Gasteiger partial charge is 0.390 e. The van der Waals surface area contributed by atoms with Crippen molar-refractivity contribution in [2.24, 2.45) is 5.16 Å². The summed E-state index contributed by atoms with van der Waals surface area (Å²) >= 11 is 23.4. The second kappa shape index (κ2) is 9.64. The van der Waals surface area contributed by atoms with Gasteiger partial charge in [0.15, 0.2) is 0 Å². The standard InChI is InChI=1S/C16H11Cl4N3O3/c17-10-2-1-9(12(19)5-10)7-26-22-8-21-15(24)16(25)23-14-4-3-11(18)6-13(14)20/h1-6,8H,7H2,(H,23,25)(H,21,22,24). The van der Waals surface area contributed by atoms with Crippen LogP contribution in [0.2, 0.25) is 20.1 Å². The second-order valence-electron chi connectivity index (χ2n) is 4.80. The lowest BCUT2D eigenvalue weighted by Crippen LogP contribution is -2.34. The first-order chi connectivity index (χ1) is 12.4. The number of rotatable bonds is 5. The van der Waals surface area contributed by atoms with Crippen molar-refractivity contribution < 1.29 is 14.4 Å². The van der Waals surface area contributed by atoms with Gasteiger partial charge in [-0.1, -0.05) is 57.6 Å². The van der Waals surface area contributed by atoms with E-state index in [-0.39, 0.29) is 17.3 Å². The normalized spacial score (nSPS) is 10.6. The van der Waals surface area contributed by atoms with Crippen LogP contribution in [0, 0.1) is 0 Å². The van der Waals surface area contributed by atoms with Crippen LogP contribution >= 0.6 is 46.4 Å². The molecule has 0 atom stereocenters. The number of hydrogen-bond donors (Lipinski definition) is 2. The molecule has 2 N–H and O–H groups in total. The second-order valence-corrected chi connectivity index (χ2v) is 6.48. The third-order valence-corrected chi connectivity index (χ3v) is 4.08. The molecule has 0 saturated carbocycles. The Hall–Kier alpha value is -1.99. The molecule has 0 aliphatic carbocycles. The number of nitrogens with one attached hydrogen (secondary N) is 2. The van der Waals surface area contributed by atoms with E-state index in [1.165, 1.54) is 18.2 Å². The zero-order valence-electron chi connectivity index (χ0n) is 12.9. The average molecular weight is 435 g/mol. The zero-order chi connectivity index (χ0) is 19.1. The van der Waals surface area contributed by atoms with Gasteiger partial charge in [0.1, 0.15) is 12.9 Å². The number of hydrogen-bond acceptors (Lipinski definition) is 4. The summed E-state index contributed by atoms with van der Waals surface area (Å²) in [7, 11) is 0. The topological polar surface area (TPSA) is 79.8 Å². The van der Waals surface area contributed by atoms with E-state index in [2.05, 4.69) is 15.8 Å². The number of benzene rings is 2. The molecule has 0 bridgehead atoms. The van der Waals surface area contributed by atoms with Crippen LogP contribution in [0.15, 0.2) is 41.6 Å². The Morgan fingerprint density at radius 3 is 2.27 bits per heavy atom. The van der Waals surface area contributed by atoms with E-state index in [1.54, 1.807) is 18.2 Å². The van der Waals surface area contributed by atoms with E-state index in [4.69, 9.17) is 51.2 Å². The lowest BCUT2D eigenvalue weighted by atomic mass is 10.2. The highest BCUT2D eigenvalue weighted by molar-refractivity contribution is 6.43.